The van der Waals surface area contributed by atoms with Gasteiger partial charge in [-0.2, -0.15) is 9.49 Å². The lowest BCUT2D eigenvalue weighted by molar-refractivity contribution is 0.0737. The van der Waals surface area contributed by atoms with Crippen LogP contribution in [0.15, 0.2) is 21.7 Å². The van der Waals surface area contributed by atoms with Crippen molar-refractivity contribution in [2.24, 2.45) is 0 Å². The second-order valence-corrected chi connectivity index (χ2v) is 7.62. The molecule has 29 heavy (non-hydrogen) atoms. The molecule has 1 amide bonds. The molecular weight excluding hydrogens is 379 g/mol. The Hall–Kier alpha value is -3.04. The summed E-state index contributed by atoms with van der Waals surface area (Å²) in [5.74, 6) is -1.04. The SMILES string of the molecule is CC(C)c1nc(N2CCN(C(=O)c3ccc(=O)n(C(C)C)n3)CC2)[nH]c(=O)c1F. The van der Waals surface area contributed by atoms with Gasteiger partial charge in [0.1, 0.15) is 5.69 Å². The molecule has 9 nitrogen and oxygen atoms in total. The van der Waals surface area contributed by atoms with Crippen LogP contribution in [0.4, 0.5) is 10.3 Å². The van der Waals surface area contributed by atoms with Gasteiger partial charge >= 0.3 is 0 Å². The Kier molecular flexibility index (Phi) is 5.81. The Morgan fingerprint density at radius 2 is 1.76 bits per heavy atom. The second kappa shape index (κ2) is 8.14. The Morgan fingerprint density at radius 3 is 2.34 bits per heavy atom. The number of hydrogen-bond donors (Lipinski definition) is 1. The third-order valence-corrected chi connectivity index (χ3v) is 4.82. The van der Waals surface area contributed by atoms with Gasteiger partial charge in [0.05, 0.1) is 11.7 Å². The van der Waals surface area contributed by atoms with Gasteiger partial charge in [-0.05, 0) is 25.8 Å². The number of rotatable bonds is 4. The van der Waals surface area contributed by atoms with Crippen molar-refractivity contribution < 1.29 is 9.18 Å². The fraction of sp³-hybridized carbons (Fsp3) is 0.526. The van der Waals surface area contributed by atoms with Crippen LogP contribution in [0.3, 0.4) is 0 Å². The summed E-state index contributed by atoms with van der Waals surface area (Å²) in [4.78, 5) is 46.7. The van der Waals surface area contributed by atoms with Crippen molar-refractivity contribution in [1.29, 1.82) is 0 Å². The minimum atomic E-state index is -0.857. The van der Waals surface area contributed by atoms with Crippen LogP contribution in [0, 0.1) is 5.82 Å². The van der Waals surface area contributed by atoms with E-state index in [4.69, 9.17) is 0 Å². The lowest BCUT2D eigenvalue weighted by Gasteiger charge is -2.35. The molecule has 0 unspecified atom stereocenters. The largest absolute Gasteiger partial charge is 0.339 e. The number of H-pyrrole nitrogens is 1. The zero-order chi connectivity index (χ0) is 21.3. The first kappa shape index (κ1) is 20.7. The first-order valence-corrected chi connectivity index (χ1v) is 9.62. The van der Waals surface area contributed by atoms with Gasteiger partial charge in [-0.25, -0.2) is 9.67 Å². The van der Waals surface area contributed by atoms with Gasteiger partial charge in [0.25, 0.3) is 17.0 Å². The summed E-state index contributed by atoms with van der Waals surface area (Å²) in [6.07, 6.45) is 0. The molecule has 2 aromatic rings. The van der Waals surface area contributed by atoms with Crippen LogP contribution in [0.25, 0.3) is 0 Å². The zero-order valence-corrected chi connectivity index (χ0v) is 17.0. The molecule has 0 aliphatic carbocycles. The normalized spacial score (nSPS) is 14.7. The number of aromatic nitrogens is 4. The molecule has 1 aliphatic heterocycles. The standard InChI is InChI=1S/C19H25FN6O3/c1-11(2)16-15(20)17(28)22-19(21-16)25-9-7-24(8-10-25)18(29)13-5-6-14(27)26(23-13)12(3)4/h5-6,11-12H,7-10H2,1-4H3,(H,21,22,28). The van der Waals surface area contributed by atoms with Crippen molar-refractivity contribution in [3.05, 3.63) is 50.0 Å². The van der Waals surface area contributed by atoms with E-state index in [1.807, 2.05) is 18.7 Å². The maximum absolute atomic E-state index is 14.0. The number of amides is 1. The molecule has 0 atom stereocenters. The molecule has 1 saturated heterocycles. The number of hydrogen-bond acceptors (Lipinski definition) is 6. The number of aromatic amines is 1. The first-order valence-electron chi connectivity index (χ1n) is 9.62. The topological polar surface area (TPSA) is 104 Å². The molecule has 156 valence electrons. The minimum Gasteiger partial charge on any atom is -0.339 e. The lowest BCUT2D eigenvalue weighted by Crippen LogP contribution is -2.50. The number of halogens is 1. The maximum atomic E-state index is 14.0. The van der Waals surface area contributed by atoms with Gasteiger partial charge in [-0.3, -0.25) is 19.4 Å². The monoisotopic (exact) mass is 404 g/mol. The average molecular weight is 404 g/mol. The second-order valence-electron chi connectivity index (χ2n) is 7.62. The van der Waals surface area contributed by atoms with Crippen LogP contribution < -0.4 is 16.0 Å². The molecular formula is C19H25FN6O3. The highest BCUT2D eigenvalue weighted by Gasteiger charge is 2.26. The quantitative estimate of drug-likeness (QED) is 0.819. The molecule has 0 aromatic carbocycles. The smallest absolute Gasteiger partial charge is 0.288 e. The third kappa shape index (κ3) is 4.20. The summed E-state index contributed by atoms with van der Waals surface area (Å²) < 4.78 is 15.2. The Balaban J connectivity index is 1.74. The summed E-state index contributed by atoms with van der Waals surface area (Å²) >= 11 is 0. The summed E-state index contributed by atoms with van der Waals surface area (Å²) in [5.41, 5.74) is -0.712. The predicted octanol–water partition coefficient (Wildman–Crippen LogP) is 1.13. The van der Waals surface area contributed by atoms with Crippen molar-refractivity contribution in [2.45, 2.75) is 39.7 Å². The minimum absolute atomic E-state index is 0.127. The third-order valence-electron chi connectivity index (χ3n) is 4.82. The van der Waals surface area contributed by atoms with Crippen molar-refractivity contribution in [3.8, 4) is 0 Å². The van der Waals surface area contributed by atoms with Crippen molar-refractivity contribution in [2.75, 3.05) is 31.1 Å². The van der Waals surface area contributed by atoms with Crippen molar-refractivity contribution in [3.63, 3.8) is 0 Å². The summed E-state index contributed by atoms with van der Waals surface area (Å²) in [5, 5.41) is 4.17. The predicted molar refractivity (Wildman–Crippen MR) is 106 cm³/mol. The molecule has 10 heteroatoms. The number of piperazine rings is 1. The van der Waals surface area contributed by atoms with Crippen LogP contribution in [-0.2, 0) is 0 Å². The number of nitrogens with zero attached hydrogens (tertiary/aromatic N) is 5. The molecule has 1 aliphatic rings. The molecule has 3 heterocycles. The van der Waals surface area contributed by atoms with Crippen LogP contribution >= 0.6 is 0 Å². The van der Waals surface area contributed by atoms with Gasteiger partial charge in [0, 0.05) is 32.2 Å². The van der Waals surface area contributed by atoms with E-state index in [9.17, 15) is 18.8 Å². The fourth-order valence-corrected chi connectivity index (χ4v) is 3.19. The van der Waals surface area contributed by atoms with Gasteiger partial charge < -0.3 is 9.80 Å². The average Bonchev–Trinajstić information content (AvgIpc) is 2.69. The van der Waals surface area contributed by atoms with E-state index >= 15 is 0 Å². The summed E-state index contributed by atoms with van der Waals surface area (Å²) in [6.45, 7) is 8.83. The van der Waals surface area contributed by atoms with Gasteiger partial charge in [-0.1, -0.05) is 13.8 Å². The van der Waals surface area contributed by atoms with Crippen molar-refractivity contribution >= 4 is 11.9 Å². The molecule has 1 fully saturated rings. The van der Waals surface area contributed by atoms with Gasteiger partial charge in [-0.15, -0.1) is 0 Å². The van der Waals surface area contributed by atoms with Crippen LogP contribution in [0.5, 0.6) is 0 Å². The molecule has 0 radical (unpaired) electrons. The van der Waals surface area contributed by atoms with E-state index in [-0.39, 0.29) is 34.8 Å². The van der Waals surface area contributed by atoms with E-state index < -0.39 is 11.4 Å². The van der Waals surface area contributed by atoms with E-state index in [1.54, 1.807) is 18.7 Å². The molecule has 0 bridgehead atoms. The Bertz CT molecular complexity index is 1020. The zero-order valence-electron chi connectivity index (χ0n) is 17.0. The maximum Gasteiger partial charge on any atom is 0.288 e. The van der Waals surface area contributed by atoms with E-state index in [0.717, 1.165) is 0 Å². The van der Waals surface area contributed by atoms with Crippen molar-refractivity contribution in [1.82, 2.24) is 24.6 Å². The lowest BCUT2D eigenvalue weighted by atomic mass is 10.1. The molecule has 1 N–H and O–H groups in total. The Morgan fingerprint density at radius 1 is 1.10 bits per heavy atom. The molecule has 2 aromatic heterocycles. The summed E-state index contributed by atoms with van der Waals surface area (Å²) in [6, 6.07) is 2.63. The molecule has 3 rings (SSSR count). The Labute approximate surface area is 167 Å². The van der Waals surface area contributed by atoms with Crippen LogP contribution in [0.2, 0.25) is 0 Å². The highest BCUT2D eigenvalue weighted by molar-refractivity contribution is 5.92. The molecule has 0 saturated carbocycles. The van der Waals surface area contributed by atoms with E-state index in [2.05, 4.69) is 15.1 Å². The number of carbonyl (C=O) groups excluding carboxylic acids is 1. The fourth-order valence-electron chi connectivity index (χ4n) is 3.19. The number of nitrogens with one attached hydrogen (secondary N) is 1. The van der Waals surface area contributed by atoms with E-state index in [1.165, 1.54) is 16.8 Å². The van der Waals surface area contributed by atoms with Gasteiger partial charge in [0.15, 0.2) is 0 Å². The molecule has 0 spiro atoms. The highest BCUT2D eigenvalue weighted by atomic mass is 19.1. The van der Waals surface area contributed by atoms with Crippen LogP contribution in [0.1, 0.15) is 55.8 Å². The number of anilines is 1. The highest BCUT2D eigenvalue weighted by Crippen LogP contribution is 2.17. The van der Waals surface area contributed by atoms with Crippen LogP contribution in [-0.4, -0.2) is 56.7 Å². The number of carbonyl (C=O) groups is 1. The van der Waals surface area contributed by atoms with E-state index in [0.29, 0.717) is 32.1 Å². The first-order chi connectivity index (χ1) is 13.7. The summed E-state index contributed by atoms with van der Waals surface area (Å²) in [7, 11) is 0. The van der Waals surface area contributed by atoms with Gasteiger partial charge in [0.2, 0.25) is 11.8 Å².